The SMILES string of the molecule is CCOc1ccccc1CN1CCN(C(=O)CSCC(=O)O)C(C)C1. The quantitative estimate of drug-likeness (QED) is 0.758. The van der Waals surface area contributed by atoms with Crippen molar-refractivity contribution in [3.63, 3.8) is 0 Å². The third-order valence-electron chi connectivity index (χ3n) is 4.15. The Morgan fingerprint density at radius 1 is 1.28 bits per heavy atom. The number of piperazine rings is 1. The zero-order valence-corrected chi connectivity index (χ0v) is 15.6. The maximum absolute atomic E-state index is 12.3. The van der Waals surface area contributed by atoms with Crippen LogP contribution in [0.4, 0.5) is 0 Å². The predicted octanol–water partition coefficient (Wildman–Crippen LogP) is 1.94. The van der Waals surface area contributed by atoms with Crippen molar-refractivity contribution in [2.45, 2.75) is 26.4 Å². The summed E-state index contributed by atoms with van der Waals surface area (Å²) in [5.41, 5.74) is 1.16. The number of benzene rings is 1. The average molecular weight is 366 g/mol. The summed E-state index contributed by atoms with van der Waals surface area (Å²) >= 11 is 1.16. The highest BCUT2D eigenvalue weighted by Crippen LogP contribution is 2.22. The third kappa shape index (κ3) is 5.93. The second-order valence-corrected chi connectivity index (χ2v) is 7.08. The van der Waals surface area contributed by atoms with Crippen molar-refractivity contribution in [3.05, 3.63) is 29.8 Å². The second-order valence-electron chi connectivity index (χ2n) is 6.10. The molecule has 25 heavy (non-hydrogen) atoms. The molecule has 1 N–H and O–H groups in total. The van der Waals surface area contributed by atoms with Crippen molar-refractivity contribution >= 4 is 23.6 Å². The number of carbonyl (C=O) groups is 2. The second kappa shape index (κ2) is 9.68. The van der Waals surface area contributed by atoms with Crippen LogP contribution in [0.2, 0.25) is 0 Å². The number of carboxylic acid groups (broad SMARTS) is 1. The number of hydrogen-bond donors (Lipinski definition) is 1. The van der Waals surface area contributed by atoms with E-state index >= 15 is 0 Å². The Morgan fingerprint density at radius 2 is 2.04 bits per heavy atom. The minimum Gasteiger partial charge on any atom is -0.494 e. The Hall–Kier alpha value is -1.73. The fourth-order valence-electron chi connectivity index (χ4n) is 3.03. The summed E-state index contributed by atoms with van der Waals surface area (Å²) in [4.78, 5) is 27.0. The number of carboxylic acids is 1. The van der Waals surface area contributed by atoms with Gasteiger partial charge in [-0.05, 0) is 19.9 Å². The number of ether oxygens (including phenoxy) is 1. The lowest BCUT2D eigenvalue weighted by Gasteiger charge is -2.40. The first kappa shape index (κ1) is 19.6. The minimum atomic E-state index is -0.886. The van der Waals surface area contributed by atoms with Crippen LogP contribution in [-0.2, 0) is 16.1 Å². The van der Waals surface area contributed by atoms with Crippen LogP contribution in [0.1, 0.15) is 19.4 Å². The highest BCUT2D eigenvalue weighted by atomic mass is 32.2. The van der Waals surface area contributed by atoms with Gasteiger partial charge in [-0.3, -0.25) is 14.5 Å². The van der Waals surface area contributed by atoms with Crippen molar-refractivity contribution in [3.8, 4) is 5.75 Å². The van der Waals surface area contributed by atoms with E-state index in [0.29, 0.717) is 13.2 Å². The van der Waals surface area contributed by atoms with Crippen LogP contribution >= 0.6 is 11.8 Å². The van der Waals surface area contributed by atoms with Crippen molar-refractivity contribution < 1.29 is 19.4 Å². The van der Waals surface area contributed by atoms with Crippen molar-refractivity contribution in [1.29, 1.82) is 0 Å². The highest BCUT2D eigenvalue weighted by molar-refractivity contribution is 8.00. The lowest BCUT2D eigenvalue weighted by molar-refractivity contribution is -0.134. The van der Waals surface area contributed by atoms with Gasteiger partial charge in [0.05, 0.1) is 18.1 Å². The normalized spacial score (nSPS) is 18.2. The molecule has 2 rings (SSSR count). The van der Waals surface area contributed by atoms with E-state index in [2.05, 4.69) is 11.0 Å². The third-order valence-corrected chi connectivity index (χ3v) is 5.05. The Kier molecular flexibility index (Phi) is 7.58. The van der Waals surface area contributed by atoms with E-state index in [-0.39, 0.29) is 23.5 Å². The standard InChI is InChI=1S/C18H26N2O4S/c1-3-24-16-7-5-4-6-15(16)11-19-8-9-20(14(2)10-19)17(21)12-25-13-18(22)23/h4-7,14H,3,8-13H2,1-2H3,(H,22,23). The average Bonchev–Trinajstić information content (AvgIpc) is 2.56. The van der Waals surface area contributed by atoms with E-state index in [0.717, 1.165) is 42.7 Å². The van der Waals surface area contributed by atoms with Crippen LogP contribution < -0.4 is 4.74 Å². The molecule has 7 heteroatoms. The van der Waals surface area contributed by atoms with Crippen LogP contribution in [0, 0.1) is 0 Å². The maximum atomic E-state index is 12.3. The van der Waals surface area contributed by atoms with E-state index in [4.69, 9.17) is 9.84 Å². The van der Waals surface area contributed by atoms with Gasteiger partial charge in [-0.25, -0.2) is 0 Å². The van der Waals surface area contributed by atoms with Gasteiger partial charge in [-0.1, -0.05) is 18.2 Å². The van der Waals surface area contributed by atoms with E-state index in [9.17, 15) is 9.59 Å². The lowest BCUT2D eigenvalue weighted by Crippen LogP contribution is -2.54. The molecule has 138 valence electrons. The lowest BCUT2D eigenvalue weighted by atomic mass is 10.1. The minimum absolute atomic E-state index is 0.0214. The van der Waals surface area contributed by atoms with E-state index in [1.165, 1.54) is 0 Å². The zero-order chi connectivity index (χ0) is 18.2. The van der Waals surface area contributed by atoms with Crippen LogP contribution in [0.25, 0.3) is 0 Å². The smallest absolute Gasteiger partial charge is 0.313 e. The fourth-order valence-corrected chi connectivity index (χ4v) is 3.64. The number of carbonyl (C=O) groups excluding carboxylic acids is 1. The van der Waals surface area contributed by atoms with Crippen LogP contribution in [0.15, 0.2) is 24.3 Å². The molecule has 1 aromatic carbocycles. The first-order valence-corrected chi connectivity index (χ1v) is 9.68. The molecular formula is C18H26N2O4S. The van der Waals surface area contributed by atoms with Gasteiger partial charge in [-0.2, -0.15) is 0 Å². The first-order valence-electron chi connectivity index (χ1n) is 8.53. The predicted molar refractivity (Wildman–Crippen MR) is 99.0 cm³/mol. The number of para-hydroxylation sites is 1. The van der Waals surface area contributed by atoms with Crippen LogP contribution in [0.5, 0.6) is 5.75 Å². The highest BCUT2D eigenvalue weighted by Gasteiger charge is 2.27. The van der Waals surface area contributed by atoms with Gasteiger partial charge in [0, 0.05) is 37.8 Å². The molecule has 0 bridgehead atoms. The molecule has 1 saturated heterocycles. The van der Waals surface area contributed by atoms with Gasteiger partial charge in [0.2, 0.25) is 5.91 Å². The molecule has 1 amide bonds. The van der Waals surface area contributed by atoms with Gasteiger partial charge in [0.25, 0.3) is 0 Å². The largest absolute Gasteiger partial charge is 0.494 e. The van der Waals surface area contributed by atoms with E-state index in [1.54, 1.807) is 0 Å². The van der Waals surface area contributed by atoms with Crippen molar-refractivity contribution in [2.75, 3.05) is 37.7 Å². The molecule has 1 fully saturated rings. The number of nitrogens with zero attached hydrogens (tertiary/aromatic N) is 2. The maximum Gasteiger partial charge on any atom is 0.313 e. The molecule has 6 nitrogen and oxygen atoms in total. The number of thioether (sulfide) groups is 1. The molecule has 0 aliphatic carbocycles. The van der Waals surface area contributed by atoms with E-state index in [1.807, 2.05) is 36.9 Å². The Labute approximate surface area is 153 Å². The number of amides is 1. The molecule has 1 aromatic rings. The van der Waals surface area contributed by atoms with Gasteiger partial charge in [0.15, 0.2) is 0 Å². The molecule has 0 saturated carbocycles. The van der Waals surface area contributed by atoms with Gasteiger partial charge in [-0.15, -0.1) is 11.8 Å². The molecular weight excluding hydrogens is 340 g/mol. The molecule has 1 aliphatic heterocycles. The van der Waals surface area contributed by atoms with Gasteiger partial charge < -0.3 is 14.7 Å². The molecule has 1 aliphatic rings. The summed E-state index contributed by atoms with van der Waals surface area (Å²) in [7, 11) is 0. The Bertz CT molecular complexity index is 596. The summed E-state index contributed by atoms with van der Waals surface area (Å²) in [5, 5.41) is 8.66. The van der Waals surface area contributed by atoms with Crippen LogP contribution in [-0.4, -0.2) is 70.6 Å². The summed E-state index contributed by atoms with van der Waals surface area (Å²) in [5.74, 6) is 0.246. The topological polar surface area (TPSA) is 70.1 Å². The summed E-state index contributed by atoms with van der Waals surface area (Å²) < 4.78 is 5.69. The molecule has 1 unspecified atom stereocenters. The van der Waals surface area contributed by atoms with E-state index < -0.39 is 5.97 Å². The van der Waals surface area contributed by atoms with Gasteiger partial charge in [0.1, 0.15) is 5.75 Å². The fraction of sp³-hybridized carbons (Fsp3) is 0.556. The summed E-state index contributed by atoms with van der Waals surface area (Å²) in [6, 6.07) is 8.17. The molecule has 0 radical (unpaired) electrons. The van der Waals surface area contributed by atoms with Gasteiger partial charge >= 0.3 is 5.97 Å². The Morgan fingerprint density at radius 3 is 2.72 bits per heavy atom. The van der Waals surface area contributed by atoms with Crippen molar-refractivity contribution in [2.24, 2.45) is 0 Å². The Balaban J connectivity index is 1.87. The molecule has 0 aromatic heterocycles. The summed E-state index contributed by atoms with van der Waals surface area (Å²) in [6.45, 7) is 7.74. The molecule has 0 spiro atoms. The first-order chi connectivity index (χ1) is 12.0. The molecule has 1 atom stereocenters. The zero-order valence-electron chi connectivity index (χ0n) is 14.8. The van der Waals surface area contributed by atoms with Crippen LogP contribution in [0.3, 0.4) is 0 Å². The number of aliphatic carboxylic acids is 1. The number of rotatable bonds is 8. The molecule has 1 heterocycles. The number of hydrogen-bond acceptors (Lipinski definition) is 5. The van der Waals surface area contributed by atoms with Crippen molar-refractivity contribution in [1.82, 2.24) is 9.80 Å². The summed E-state index contributed by atoms with van der Waals surface area (Å²) in [6.07, 6.45) is 0. The monoisotopic (exact) mass is 366 g/mol.